The molecule has 0 bridgehead atoms. The van der Waals surface area contributed by atoms with Gasteiger partial charge in [-0.3, -0.25) is 9.78 Å². The molecule has 1 aliphatic rings. The molecule has 1 amide bonds. The van der Waals surface area contributed by atoms with E-state index < -0.39 is 11.7 Å². The fourth-order valence-electron chi connectivity index (χ4n) is 5.16. The van der Waals surface area contributed by atoms with E-state index in [0.29, 0.717) is 24.1 Å². The molecule has 0 spiro atoms. The number of piperazine rings is 1. The van der Waals surface area contributed by atoms with Gasteiger partial charge in [-0.2, -0.15) is 19.6 Å². The summed E-state index contributed by atoms with van der Waals surface area (Å²) in [6.45, 7) is 11.3. The molecule has 6 rings (SSSR count). The van der Waals surface area contributed by atoms with E-state index in [1.807, 2.05) is 36.5 Å². The highest BCUT2D eigenvalue weighted by Gasteiger charge is 2.20. The number of carbonyl (C=O) groups excluding carboxylic acids is 1. The summed E-state index contributed by atoms with van der Waals surface area (Å²) in [5.41, 5.74) is 5.14. The largest absolute Gasteiger partial charge is 0.350 e. The van der Waals surface area contributed by atoms with Crippen LogP contribution in [0.1, 0.15) is 30.9 Å². The molecule has 1 saturated heterocycles. The van der Waals surface area contributed by atoms with Crippen molar-refractivity contribution in [2.45, 2.75) is 26.3 Å². The maximum absolute atomic E-state index is 13.2. The molecule has 10 nitrogen and oxygen atoms in total. The predicted octanol–water partition coefficient (Wildman–Crippen LogP) is 4.91. The van der Waals surface area contributed by atoms with Crippen molar-refractivity contribution in [3.8, 4) is 11.3 Å². The van der Waals surface area contributed by atoms with Crippen LogP contribution in [-0.2, 0) is 11.3 Å². The molecule has 0 radical (unpaired) electrons. The van der Waals surface area contributed by atoms with Gasteiger partial charge in [-0.05, 0) is 35.1 Å². The number of amides is 1. The van der Waals surface area contributed by atoms with Crippen molar-refractivity contribution in [3.63, 3.8) is 0 Å². The highest BCUT2D eigenvalue weighted by atomic mass is 19.1. The number of aromatic nitrogens is 5. The summed E-state index contributed by atoms with van der Waals surface area (Å²) in [5, 5.41) is 15.8. The molecule has 214 valence electrons. The number of carbonyl (C=O) groups is 1. The zero-order valence-electron chi connectivity index (χ0n) is 23.6. The molecule has 4 heterocycles. The Hall–Kier alpha value is -4.90. The normalized spacial score (nSPS) is 13.6. The van der Waals surface area contributed by atoms with Crippen molar-refractivity contribution < 1.29 is 9.18 Å². The van der Waals surface area contributed by atoms with Gasteiger partial charge in [0.15, 0.2) is 11.5 Å². The second-order valence-corrected chi connectivity index (χ2v) is 10.5. The van der Waals surface area contributed by atoms with Gasteiger partial charge in [0.1, 0.15) is 0 Å². The average Bonchev–Trinajstić information content (AvgIpc) is 3.45. The first-order chi connectivity index (χ1) is 20.4. The summed E-state index contributed by atoms with van der Waals surface area (Å²) < 4.78 is 15.0. The minimum Gasteiger partial charge on any atom is -0.350 e. The molecule has 2 aromatic carbocycles. The lowest BCUT2D eigenvalue weighted by molar-refractivity contribution is -0.114. The molecule has 1 aliphatic heterocycles. The Bertz CT molecular complexity index is 1790. The van der Waals surface area contributed by atoms with Crippen LogP contribution >= 0.6 is 0 Å². The smallest absolute Gasteiger partial charge is 0.283 e. The molecular weight excluding hydrogens is 533 g/mol. The first kappa shape index (κ1) is 27.3. The quantitative estimate of drug-likeness (QED) is 0.228. The van der Waals surface area contributed by atoms with Gasteiger partial charge < -0.3 is 20.9 Å². The molecule has 0 aliphatic carbocycles. The number of benzene rings is 2. The third-order valence-corrected chi connectivity index (χ3v) is 7.38. The zero-order chi connectivity index (χ0) is 29.2. The molecule has 1 fully saturated rings. The van der Waals surface area contributed by atoms with Crippen LogP contribution in [0.2, 0.25) is 0 Å². The van der Waals surface area contributed by atoms with E-state index in [-0.39, 0.29) is 5.92 Å². The van der Waals surface area contributed by atoms with E-state index >= 15 is 0 Å². The lowest BCUT2D eigenvalue weighted by Gasteiger charge is -2.27. The van der Waals surface area contributed by atoms with Crippen molar-refractivity contribution in [2.24, 2.45) is 0 Å². The molecule has 0 unspecified atom stereocenters. The van der Waals surface area contributed by atoms with Crippen LogP contribution in [0.5, 0.6) is 0 Å². The highest BCUT2D eigenvalue weighted by molar-refractivity contribution is 6.04. The van der Waals surface area contributed by atoms with Crippen LogP contribution in [0.3, 0.4) is 0 Å². The Morgan fingerprint density at radius 1 is 1.12 bits per heavy atom. The van der Waals surface area contributed by atoms with Gasteiger partial charge in [0.05, 0.1) is 11.9 Å². The SMILES string of the molecule is C=C(F)C(=O)Nc1ccc2c(-c3ccccc3CNc3nc(N4CCNCC4)nc4c(C(C)C)cnn34)nccc2c1. The Morgan fingerprint density at radius 2 is 1.93 bits per heavy atom. The maximum atomic E-state index is 13.2. The van der Waals surface area contributed by atoms with Gasteiger partial charge >= 0.3 is 0 Å². The summed E-state index contributed by atoms with van der Waals surface area (Å²) in [6, 6.07) is 15.3. The van der Waals surface area contributed by atoms with Gasteiger partial charge in [0.25, 0.3) is 5.91 Å². The fourth-order valence-corrected chi connectivity index (χ4v) is 5.16. The first-order valence-corrected chi connectivity index (χ1v) is 14.0. The highest BCUT2D eigenvalue weighted by Crippen LogP contribution is 2.31. The van der Waals surface area contributed by atoms with Crippen LogP contribution in [0.15, 0.2) is 73.3 Å². The summed E-state index contributed by atoms with van der Waals surface area (Å²) in [5.74, 6) is -0.322. The molecular formula is C31H32FN9O. The minimum absolute atomic E-state index is 0.268. The molecule has 3 N–H and O–H groups in total. The van der Waals surface area contributed by atoms with Crippen LogP contribution in [0, 0.1) is 0 Å². The van der Waals surface area contributed by atoms with E-state index in [1.54, 1.807) is 22.8 Å². The van der Waals surface area contributed by atoms with Gasteiger partial charge in [0, 0.05) is 61.1 Å². The Morgan fingerprint density at radius 3 is 2.71 bits per heavy atom. The van der Waals surface area contributed by atoms with Crippen molar-refractivity contribution in [1.29, 1.82) is 0 Å². The number of anilines is 3. The second kappa shape index (κ2) is 11.5. The Kier molecular flexibility index (Phi) is 7.49. The van der Waals surface area contributed by atoms with Crippen molar-refractivity contribution in [2.75, 3.05) is 41.7 Å². The number of fused-ring (bicyclic) bond motifs is 2. The van der Waals surface area contributed by atoms with E-state index in [2.05, 4.69) is 52.4 Å². The van der Waals surface area contributed by atoms with E-state index in [0.717, 1.165) is 65.0 Å². The number of rotatable bonds is 8. The molecule has 3 aromatic heterocycles. The molecule has 11 heteroatoms. The molecule has 0 saturated carbocycles. The lowest BCUT2D eigenvalue weighted by Crippen LogP contribution is -2.44. The second-order valence-electron chi connectivity index (χ2n) is 10.5. The van der Waals surface area contributed by atoms with E-state index in [9.17, 15) is 9.18 Å². The third-order valence-electron chi connectivity index (χ3n) is 7.38. The molecule has 42 heavy (non-hydrogen) atoms. The maximum Gasteiger partial charge on any atom is 0.283 e. The van der Waals surface area contributed by atoms with Crippen molar-refractivity contribution in [1.82, 2.24) is 29.9 Å². The Balaban J connectivity index is 1.34. The third kappa shape index (κ3) is 5.38. The molecule has 0 atom stereocenters. The molecule has 5 aromatic rings. The lowest BCUT2D eigenvalue weighted by atomic mass is 9.99. The van der Waals surface area contributed by atoms with Gasteiger partial charge in [-0.15, -0.1) is 0 Å². The van der Waals surface area contributed by atoms with Crippen LogP contribution in [-0.4, -0.2) is 56.7 Å². The fraction of sp³-hybridized carbons (Fsp3) is 0.258. The van der Waals surface area contributed by atoms with Crippen LogP contribution < -0.4 is 20.9 Å². The van der Waals surface area contributed by atoms with Crippen LogP contribution in [0.25, 0.3) is 27.7 Å². The van der Waals surface area contributed by atoms with Gasteiger partial charge in [0.2, 0.25) is 11.9 Å². The Labute approximate surface area is 242 Å². The average molecular weight is 566 g/mol. The monoisotopic (exact) mass is 565 g/mol. The summed E-state index contributed by atoms with van der Waals surface area (Å²) in [4.78, 5) is 28.5. The summed E-state index contributed by atoms with van der Waals surface area (Å²) in [6.07, 6.45) is 3.60. The van der Waals surface area contributed by atoms with Crippen molar-refractivity contribution >= 4 is 39.9 Å². The number of nitrogens with zero attached hydrogens (tertiary/aromatic N) is 6. The summed E-state index contributed by atoms with van der Waals surface area (Å²) in [7, 11) is 0. The van der Waals surface area contributed by atoms with E-state index in [4.69, 9.17) is 15.0 Å². The van der Waals surface area contributed by atoms with E-state index in [1.165, 1.54) is 0 Å². The number of hydrogen-bond acceptors (Lipinski definition) is 8. The standard InChI is InChI=1S/C31H32FN9O/c1-19(2)26-18-36-41-28(26)38-31(40-14-12-33-13-15-40)39-30(41)35-17-22-6-4-5-7-24(22)27-25-9-8-23(37-29(42)20(3)32)16-21(25)10-11-34-27/h4-11,16,18-19,33H,3,12-15,17H2,1-2H3,(H,37,42)(H,35,38,39). The number of pyridine rings is 1. The number of hydrogen-bond donors (Lipinski definition) is 3. The van der Waals surface area contributed by atoms with Gasteiger partial charge in [-0.25, -0.2) is 4.39 Å². The van der Waals surface area contributed by atoms with Crippen LogP contribution in [0.4, 0.5) is 22.0 Å². The predicted molar refractivity (Wildman–Crippen MR) is 163 cm³/mol. The zero-order valence-corrected chi connectivity index (χ0v) is 23.6. The minimum atomic E-state index is -1.04. The first-order valence-electron chi connectivity index (χ1n) is 14.0. The topological polar surface area (TPSA) is 112 Å². The van der Waals surface area contributed by atoms with Gasteiger partial charge in [-0.1, -0.05) is 50.8 Å². The van der Waals surface area contributed by atoms with Crippen molar-refractivity contribution in [3.05, 3.63) is 84.5 Å². The number of halogens is 1. The number of nitrogens with one attached hydrogen (secondary N) is 3. The summed E-state index contributed by atoms with van der Waals surface area (Å²) >= 11 is 0.